The molecule has 1 saturated carbocycles. The molecule has 0 atom stereocenters. The quantitative estimate of drug-likeness (QED) is 0.396. The number of hydrogen-bond acceptors (Lipinski definition) is 2. The van der Waals surface area contributed by atoms with Crippen molar-refractivity contribution in [3.8, 4) is 0 Å². The summed E-state index contributed by atoms with van der Waals surface area (Å²) in [5.74, 6) is 0.206. The number of nitrogens with two attached hydrogens (primary N) is 2. The molecule has 0 aromatic heterocycles. The van der Waals surface area contributed by atoms with Gasteiger partial charge in [-0.3, -0.25) is 4.99 Å². The summed E-state index contributed by atoms with van der Waals surface area (Å²) >= 11 is 0. The summed E-state index contributed by atoms with van der Waals surface area (Å²) in [6, 6.07) is 0. The van der Waals surface area contributed by atoms with Gasteiger partial charge in [0.25, 0.3) is 0 Å². The van der Waals surface area contributed by atoms with Gasteiger partial charge in [0.2, 0.25) is 0 Å². The molecule has 1 fully saturated rings. The van der Waals surface area contributed by atoms with Crippen molar-refractivity contribution in [3.05, 3.63) is 0 Å². The Hall–Kier alpha value is -0.770. The van der Waals surface area contributed by atoms with Crippen molar-refractivity contribution in [3.63, 3.8) is 0 Å². The van der Waals surface area contributed by atoms with Crippen LogP contribution in [0.15, 0.2) is 4.99 Å². The Morgan fingerprint density at radius 2 is 2.00 bits per heavy atom. The van der Waals surface area contributed by atoms with Crippen molar-refractivity contribution in [1.29, 1.82) is 0 Å². The maximum atomic E-state index is 5.42. The summed E-state index contributed by atoms with van der Waals surface area (Å²) in [7, 11) is 0. The highest BCUT2D eigenvalue weighted by atomic mass is 16.5. The topological polar surface area (TPSA) is 73.6 Å². The van der Waals surface area contributed by atoms with E-state index in [4.69, 9.17) is 16.2 Å². The third-order valence-corrected chi connectivity index (χ3v) is 3.24. The number of guanidine groups is 1. The second kappa shape index (κ2) is 5.95. The first kappa shape index (κ1) is 12.3. The van der Waals surface area contributed by atoms with Crippen molar-refractivity contribution in [1.82, 2.24) is 0 Å². The SMILES string of the molecule is CCOCCC1(CN=C(N)N)CCCC1. The molecular weight excluding hydrogens is 190 g/mol. The Morgan fingerprint density at radius 1 is 1.33 bits per heavy atom. The molecule has 4 nitrogen and oxygen atoms in total. The average Bonchev–Trinajstić information content (AvgIpc) is 2.65. The largest absolute Gasteiger partial charge is 0.382 e. The molecule has 1 aliphatic rings. The summed E-state index contributed by atoms with van der Waals surface area (Å²) in [6.07, 6.45) is 6.14. The van der Waals surface area contributed by atoms with Gasteiger partial charge in [-0.15, -0.1) is 0 Å². The Balaban J connectivity index is 2.43. The van der Waals surface area contributed by atoms with Gasteiger partial charge in [0.15, 0.2) is 5.96 Å². The maximum Gasteiger partial charge on any atom is 0.185 e. The Labute approximate surface area is 92.1 Å². The van der Waals surface area contributed by atoms with Crippen LogP contribution in [0.1, 0.15) is 39.0 Å². The van der Waals surface area contributed by atoms with Crippen LogP contribution in [-0.2, 0) is 4.74 Å². The lowest BCUT2D eigenvalue weighted by atomic mass is 9.83. The fraction of sp³-hybridized carbons (Fsp3) is 0.909. The highest BCUT2D eigenvalue weighted by Gasteiger charge is 2.33. The summed E-state index contributed by atoms with van der Waals surface area (Å²) in [5.41, 5.74) is 11.1. The molecule has 4 N–H and O–H groups in total. The van der Waals surface area contributed by atoms with E-state index in [9.17, 15) is 0 Å². The van der Waals surface area contributed by atoms with E-state index in [1.54, 1.807) is 0 Å². The van der Waals surface area contributed by atoms with E-state index in [-0.39, 0.29) is 5.96 Å². The van der Waals surface area contributed by atoms with E-state index in [2.05, 4.69) is 4.99 Å². The van der Waals surface area contributed by atoms with Gasteiger partial charge in [0.05, 0.1) is 0 Å². The van der Waals surface area contributed by atoms with Gasteiger partial charge in [-0.2, -0.15) is 0 Å². The van der Waals surface area contributed by atoms with Gasteiger partial charge < -0.3 is 16.2 Å². The molecule has 0 aliphatic heterocycles. The summed E-state index contributed by atoms with van der Waals surface area (Å²) < 4.78 is 5.42. The molecule has 0 amide bonds. The zero-order chi connectivity index (χ0) is 11.1. The van der Waals surface area contributed by atoms with Crippen LogP contribution in [0.5, 0.6) is 0 Å². The van der Waals surface area contributed by atoms with Crippen LogP contribution in [0.2, 0.25) is 0 Å². The van der Waals surface area contributed by atoms with E-state index in [0.29, 0.717) is 5.41 Å². The third kappa shape index (κ3) is 4.08. The minimum atomic E-state index is 0.206. The first-order valence-corrected chi connectivity index (χ1v) is 5.82. The molecule has 0 spiro atoms. The highest BCUT2D eigenvalue weighted by Crippen LogP contribution is 2.41. The molecule has 88 valence electrons. The van der Waals surface area contributed by atoms with Gasteiger partial charge in [-0.25, -0.2) is 0 Å². The number of nitrogens with zero attached hydrogens (tertiary/aromatic N) is 1. The third-order valence-electron chi connectivity index (χ3n) is 3.24. The van der Waals surface area contributed by atoms with E-state index in [0.717, 1.165) is 26.2 Å². The predicted octanol–water partition coefficient (Wildman–Crippen LogP) is 1.25. The second-order valence-corrected chi connectivity index (χ2v) is 4.40. The number of aliphatic imine (C=N–C) groups is 1. The van der Waals surface area contributed by atoms with Crippen LogP contribution >= 0.6 is 0 Å². The molecular formula is C11H23N3O. The predicted molar refractivity (Wildman–Crippen MR) is 62.7 cm³/mol. The van der Waals surface area contributed by atoms with Gasteiger partial charge in [-0.05, 0) is 31.6 Å². The van der Waals surface area contributed by atoms with Crippen molar-refractivity contribution in [2.45, 2.75) is 39.0 Å². The van der Waals surface area contributed by atoms with Crippen LogP contribution in [0.25, 0.3) is 0 Å². The van der Waals surface area contributed by atoms with Crippen LogP contribution in [0.3, 0.4) is 0 Å². The molecule has 0 heterocycles. The van der Waals surface area contributed by atoms with Crippen molar-refractivity contribution < 1.29 is 4.74 Å². The van der Waals surface area contributed by atoms with E-state index in [1.165, 1.54) is 25.7 Å². The van der Waals surface area contributed by atoms with Crippen molar-refractivity contribution in [2.75, 3.05) is 19.8 Å². The monoisotopic (exact) mass is 213 g/mol. The molecule has 1 rings (SSSR count). The molecule has 4 heteroatoms. The van der Waals surface area contributed by atoms with Gasteiger partial charge in [-0.1, -0.05) is 12.8 Å². The normalized spacial score (nSPS) is 19.0. The van der Waals surface area contributed by atoms with E-state index in [1.807, 2.05) is 6.92 Å². The van der Waals surface area contributed by atoms with Crippen molar-refractivity contribution in [2.24, 2.45) is 21.9 Å². The first-order chi connectivity index (χ1) is 7.18. The molecule has 0 aromatic carbocycles. The van der Waals surface area contributed by atoms with Gasteiger partial charge >= 0.3 is 0 Å². The fourth-order valence-electron chi connectivity index (χ4n) is 2.30. The van der Waals surface area contributed by atoms with E-state index >= 15 is 0 Å². The minimum absolute atomic E-state index is 0.206. The van der Waals surface area contributed by atoms with E-state index < -0.39 is 0 Å². The molecule has 15 heavy (non-hydrogen) atoms. The number of ether oxygens (including phenoxy) is 1. The Bertz CT molecular complexity index is 206. The summed E-state index contributed by atoms with van der Waals surface area (Å²) in [4.78, 5) is 4.17. The number of rotatable bonds is 6. The lowest BCUT2D eigenvalue weighted by Crippen LogP contribution is -2.28. The standard InChI is InChI=1S/C11H23N3O/c1-2-15-8-7-11(5-3-4-6-11)9-14-10(12)13/h2-9H2,1H3,(H4,12,13,14). The average molecular weight is 213 g/mol. The molecule has 1 aliphatic carbocycles. The first-order valence-electron chi connectivity index (χ1n) is 5.82. The van der Waals surface area contributed by atoms with Crippen LogP contribution in [0, 0.1) is 5.41 Å². The van der Waals surface area contributed by atoms with Crippen LogP contribution in [0.4, 0.5) is 0 Å². The lowest BCUT2D eigenvalue weighted by molar-refractivity contribution is 0.107. The summed E-state index contributed by atoms with van der Waals surface area (Å²) in [5, 5.41) is 0. The Kier molecular flexibility index (Phi) is 4.88. The minimum Gasteiger partial charge on any atom is -0.382 e. The highest BCUT2D eigenvalue weighted by molar-refractivity contribution is 5.75. The second-order valence-electron chi connectivity index (χ2n) is 4.40. The van der Waals surface area contributed by atoms with Gasteiger partial charge in [0.1, 0.15) is 0 Å². The van der Waals surface area contributed by atoms with Crippen LogP contribution in [-0.4, -0.2) is 25.7 Å². The smallest absolute Gasteiger partial charge is 0.185 e. The molecule has 0 bridgehead atoms. The van der Waals surface area contributed by atoms with Crippen LogP contribution < -0.4 is 11.5 Å². The maximum absolute atomic E-state index is 5.42. The fourth-order valence-corrected chi connectivity index (χ4v) is 2.30. The molecule has 0 saturated heterocycles. The zero-order valence-corrected chi connectivity index (χ0v) is 9.67. The lowest BCUT2D eigenvalue weighted by Gasteiger charge is -2.26. The van der Waals surface area contributed by atoms with Crippen molar-refractivity contribution >= 4 is 5.96 Å². The molecule has 0 radical (unpaired) electrons. The number of hydrogen-bond donors (Lipinski definition) is 2. The zero-order valence-electron chi connectivity index (χ0n) is 9.67. The Morgan fingerprint density at radius 3 is 2.53 bits per heavy atom. The molecule has 0 unspecified atom stereocenters. The van der Waals surface area contributed by atoms with Gasteiger partial charge in [0, 0.05) is 19.8 Å². The summed E-state index contributed by atoms with van der Waals surface area (Å²) in [6.45, 7) is 4.41. The molecule has 0 aromatic rings.